The Morgan fingerprint density at radius 3 is 2.64 bits per heavy atom. The Hall–Kier alpha value is -3.28. The van der Waals surface area contributed by atoms with Crippen LogP contribution < -0.4 is 10.1 Å². The van der Waals surface area contributed by atoms with Crippen LogP contribution in [0.1, 0.15) is 20.8 Å². The van der Waals surface area contributed by atoms with Crippen LogP contribution in [-0.4, -0.2) is 27.1 Å². The van der Waals surface area contributed by atoms with Crippen molar-refractivity contribution in [2.75, 3.05) is 12.4 Å². The zero-order valence-corrected chi connectivity index (χ0v) is 16.6. The van der Waals surface area contributed by atoms with Gasteiger partial charge in [-0.2, -0.15) is 0 Å². The summed E-state index contributed by atoms with van der Waals surface area (Å²) in [4.78, 5) is 17.4. The smallest absolute Gasteiger partial charge is 0.246 e. The molecule has 0 unspecified atom stereocenters. The number of para-hydroxylation sites is 2. The number of benzene rings is 2. The fraction of sp³-hybridized carbons (Fsp3) is 0.273. The highest BCUT2D eigenvalue weighted by Crippen LogP contribution is 2.28. The number of rotatable bonds is 4. The lowest BCUT2D eigenvalue weighted by Gasteiger charge is -2.24. The largest absolute Gasteiger partial charge is 0.497 e. The van der Waals surface area contributed by atoms with Crippen molar-refractivity contribution in [1.29, 1.82) is 0 Å². The third kappa shape index (κ3) is 3.22. The highest BCUT2D eigenvalue weighted by atomic mass is 16.5. The molecule has 0 aliphatic heterocycles. The molecule has 4 aromatic rings. The van der Waals surface area contributed by atoms with Gasteiger partial charge in [0.2, 0.25) is 11.9 Å². The second-order valence-electron chi connectivity index (χ2n) is 7.85. The van der Waals surface area contributed by atoms with Crippen molar-refractivity contribution in [2.45, 2.75) is 32.9 Å². The Balaban J connectivity index is 1.63. The molecule has 2 aromatic heterocycles. The van der Waals surface area contributed by atoms with Crippen molar-refractivity contribution < 1.29 is 9.53 Å². The summed E-state index contributed by atoms with van der Waals surface area (Å²) in [5.41, 5.74) is 2.64. The highest BCUT2D eigenvalue weighted by Gasteiger charge is 2.22. The van der Waals surface area contributed by atoms with E-state index in [0.29, 0.717) is 5.95 Å². The third-order valence-corrected chi connectivity index (χ3v) is 4.77. The number of methoxy groups -OCH3 is 1. The van der Waals surface area contributed by atoms with Gasteiger partial charge in [-0.1, -0.05) is 12.1 Å². The summed E-state index contributed by atoms with van der Waals surface area (Å²) in [7, 11) is 1.65. The molecule has 2 heterocycles. The first-order valence-electron chi connectivity index (χ1n) is 9.27. The lowest BCUT2D eigenvalue weighted by Crippen LogP contribution is -2.27. The van der Waals surface area contributed by atoms with Crippen molar-refractivity contribution >= 4 is 33.8 Å². The number of imidazole rings is 1. The lowest BCUT2D eigenvalue weighted by atomic mass is 10.1. The van der Waals surface area contributed by atoms with Crippen LogP contribution in [0.5, 0.6) is 5.75 Å². The Morgan fingerprint density at radius 2 is 1.89 bits per heavy atom. The number of ether oxygens (including phenoxy) is 1. The maximum atomic E-state index is 12.8. The van der Waals surface area contributed by atoms with E-state index in [1.165, 1.54) is 0 Å². The van der Waals surface area contributed by atoms with Crippen LogP contribution in [0.2, 0.25) is 0 Å². The zero-order chi connectivity index (χ0) is 19.9. The Kier molecular flexibility index (Phi) is 4.34. The number of nitrogens with zero attached hydrogens (tertiary/aromatic N) is 3. The molecule has 6 heteroatoms. The van der Waals surface area contributed by atoms with Gasteiger partial charge < -0.3 is 13.9 Å². The van der Waals surface area contributed by atoms with Gasteiger partial charge in [-0.25, -0.2) is 4.98 Å². The Bertz CT molecular complexity index is 1160. The normalized spacial score (nSPS) is 11.9. The van der Waals surface area contributed by atoms with E-state index in [0.717, 1.165) is 27.7 Å². The van der Waals surface area contributed by atoms with Crippen LogP contribution in [0.4, 0.5) is 5.95 Å². The van der Waals surface area contributed by atoms with Crippen LogP contribution in [0.3, 0.4) is 0 Å². The number of fused-ring (bicyclic) bond motifs is 2. The van der Waals surface area contributed by atoms with Gasteiger partial charge in [-0.15, -0.1) is 0 Å². The van der Waals surface area contributed by atoms with E-state index in [2.05, 4.69) is 35.6 Å². The average molecular weight is 376 g/mol. The summed E-state index contributed by atoms with van der Waals surface area (Å²) in [6.45, 7) is 6.51. The molecule has 0 aliphatic rings. The maximum Gasteiger partial charge on any atom is 0.246 e. The molecule has 4 rings (SSSR count). The number of amides is 1. The zero-order valence-electron chi connectivity index (χ0n) is 16.6. The first-order chi connectivity index (χ1) is 13.4. The summed E-state index contributed by atoms with van der Waals surface area (Å²) in [5.74, 6) is 1.25. The summed E-state index contributed by atoms with van der Waals surface area (Å²) < 4.78 is 9.26. The molecule has 0 spiro atoms. The molecule has 0 bridgehead atoms. The van der Waals surface area contributed by atoms with Gasteiger partial charge >= 0.3 is 0 Å². The standard InChI is InChI=1S/C22H24N4O2/c1-22(2,3)26-19-8-6-5-7-17(19)23-21(26)24-20(27)14-25-12-11-15-13-16(28-4)9-10-18(15)25/h5-13H,14H2,1-4H3,(H,23,24,27). The SMILES string of the molecule is COc1ccc2c(ccn2CC(=O)Nc2nc3ccccc3n2C(C)(C)C)c1. The fourth-order valence-electron chi connectivity index (χ4n) is 3.55. The predicted molar refractivity (Wildman–Crippen MR) is 112 cm³/mol. The van der Waals surface area contributed by atoms with E-state index in [-0.39, 0.29) is 18.0 Å². The topological polar surface area (TPSA) is 61.1 Å². The molecule has 1 amide bonds. The van der Waals surface area contributed by atoms with Crippen molar-refractivity contribution in [1.82, 2.24) is 14.1 Å². The minimum Gasteiger partial charge on any atom is -0.497 e. The number of nitrogens with one attached hydrogen (secondary N) is 1. The Morgan fingerprint density at radius 1 is 1.11 bits per heavy atom. The molecular weight excluding hydrogens is 352 g/mol. The number of anilines is 1. The van der Waals surface area contributed by atoms with Crippen molar-refractivity contribution in [3.8, 4) is 5.75 Å². The first kappa shape index (κ1) is 18.1. The maximum absolute atomic E-state index is 12.8. The molecule has 28 heavy (non-hydrogen) atoms. The molecule has 0 saturated heterocycles. The van der Waals surface area contributed by atoms with E-state index >= 15 is 0 Å². The van der Waals surface area contributed by atoms with Gasteiger partial charge in [0.15, 0.2) is 0 Å². The monoisotopic (exact) mass is 376 g/mol. The molecule has 0 fully saturated rings. The van der Waals surface area contributed by atoms with Gasteiger partial charge in [-0.05, 0) is 57.2 Å². The second kappa shape index (κ2) is 6.71. The molecule has 2 aromatic carbocycles. The van der Waals surface area contributed by atoms with Crippen LogP contribution in [0, 0.1) is 0 Å². The molecule has 1 N–H and O–H groups in total. The molecule has 0 radical (unpaired) electrons. The first-order valence-corrected chi connectivity index (χ1v) is 9.27. The number of hydrogen-bond acceptors (Lipinski definition) is 3. The van der Waals surface area contributed by atoms with E-state index in [1.807, 2.05) is 59.3 Å². The third-order valence-electron chi connectivity index (χ3n) is 4.77. The highest BCUT2D eigenvalue weighted by molar-refractivity contribution is 5.93. The van der Waals surface area contributed by atoms with Crippen molar-refractivity contribution in [3.05, 3.63) is 54.7 Å². The molecule has 0 atom stereocenters. The van der Waals surface area contributed by atoms with Crippen LogP contribution >= 0.6 is 0 Å². The summed E-state index contributed by atoms with van der Waals surface area (Å²) in [6.07, 6.45) is 1.91. The minimum atomic E-state index is -0.213. The predicted octanol–water partition coefficient (Wildman–Crippen LogP) is 4.39. The molecule has 0 aliphatic carbocycles. The van der Waals surface area contributed by atoms with Gasteiger partial charge in [0.05, 0.1) is 18.1 Å². The van der Waals surface area contributed by atoms with E-state index in [4.69, 9.17) is 4.74 Å². The van der Waals surface area contributed by atoms with Crippen LogP contribution in [0.25, 0.3) is 21.9 Å². The Labute approximate surface area is 163 Å². The summed E-state index contributed by atoms with van der Waals surface area (Å²) >= 11 is 0. The molecule has 144 valence electrons. The van der Waals surface area contributed by atoms with Gasteiger partial charge in [0, 0.05) is 22.6 Å². The molecule has 0 saturated carbocycles. The van der Waals surface area contributed by atoms with Gasteiger partial charge in [0.1, 0.15) is 12.3 Å². The van der Waals surface area contributed by atoms with Crippen LogP contribution in [-0.2, 0) is 16.9 Å². The van der Waals surface area contributed by atoms with E-state index in [9.17, 15) is 4.79 Å². The number of carbonyl (C=O) groups excluding carboxylic acids is 1. The number of carbonyl (C=O) groups is 1. The second-order valence-corrected chi connectivity index (χ2v) is 7.85. The van der Waals surface area contributed by atoms with Gasteiger partial charge in [-0.3, -0.25) is 10.1 Å². The average Bonchev–Trinajstić information content (AvgIpc) is 3.21. The van der Waals surface area contributed by atoms with E-state index < -0.39 is 0 Å². The molecule has 6 nitrogen and oxygen atoms in total. The van der Waals surface area contributed by atoms with Crippen LogP contribution in [0.15, 0.2) is 54.7 Å². The van der Waals surface area contributed by atoms with Gasteiger partial charge in [0.25, 0.3) is 0 Å². The quantitative estimate of drug-likeness (QED) is 0.574. The summed E-state index contributed by atoms with van der Waals surface area (Å²) in [5, 5.41) is 4.04. The van der Waals surface area contributed by atoms with Crippen molar-refractivity contribution in [3.63, 3.8) is 0 Å². The lowest BCUT2D eigenvalue weighted by molar-refractivity contribution is -0.116. The number of aromatic nitrogens is 3. The summed E-state index contributed by atoms with van der Waals surface area (Å²) in [6, 6.07) is 15.7. The fourth-order valence-corrected chi connectivity index (χ4v) is 3.55. The molecular formula is C22H24N4O2. The minimum absolute atomic E-state index is 0.117. The number of hydrogen-bond donors (Lipinski definition) is 1. The van der Waals surface area contributed by atoms with E-state index in [1.54, 1.807) is 7.11 Å². The van der Waals surface area contributed by atoms with Crippen molar-refractivity contribution in [2.24, 2.45) is 0 Å².